The monoisotopic (exact) mass is 569 g/mol. The van der Waals surface area contributed by atoms with Crippen LogP contribution in [0.5, 0.6) is 0 Å². The number of nitrogens with zero attached hydrogens (tertiary/aromatic N) is 1. The molecule has 4 rings (SSSR count). The van der Waals surface area contributed by atoms with E-state index in [0.29, 0.717) is 15.6 Å². The molecule has 5 nitrogen and oxygen atoms in total. The van der Waals surface area contributed by atoms with Crippen LogP contribution in [-0.2, 0) is 4.79 Å². The highest BCUT2D eigenvalue weighted by molar-refractivity contribution is 6.53. The van der Waals surface area contributed by atoms with Crippen molar-refractivity contribution in [2.45, 2.75) is 10.3 Å². The minimum atomic E-state index is -1.37. The predicted molar refractivity (Wildman–Crippen MR) is 136 cm³/mol. The highest BCUT2D eigenvalue weighted by Crippen LogP contribution is 2.65. The molecule has 2 amide bonds. The maximum atomic E-state index is 13.8. The lowest BCUT2D eigenvalue weighted by atomic mass is 10.1. The zero-order valence-electron chi connectivity index (χ0n) is 17.4. The van der Waals surface area contributed by atoms with Gasteiger partial charge in [-0.3, -0.25) is 9.59 Å². The Morgan fingerprint density at radius 1 is 0.914 bits per heavy atom. The highest BCUT2D eigenvalue weighted by Gasteiger charge is 2.67. The summed E-state index contributed by atoms with van der Waals surface area (Å²) >= 11 is 31.1. The molecule has 11 heteroatoms. The van der Waals surface area contributed by atoms with Crippen molar-refractivity contribution in [1.29, 1.82) is 5.26 Å². The SMILES string of the molecule is N#Cc1ccc(NC(=O)c2cc(NC(=O)C3C(c4cc(Cl)cc(Cl)c4)C3(Cl)Cl)ccc2Cl)cc1F. The topological polar surface area (TPSA) is 82.0 Å². The molecule has 35 heavy (non-hydrogen) atoms. The van der Waals surface area contributed by atoms with Crippen LogP contribution >= 0.6 is 58.0 Å². The van der Waals surface area contributed by atoms with Crippen LogP contribution in [0.25, 0.3) is 0 Å². The maximum Gasteiger partial charge on any atom is 0.257 e. The normalized spacial score (nSPS) is 17.9. The molecule has 1 aliphatic carbocycles. The highest BCUT2D eigenvalue weighted by atomic mass is 35.5. The van der Waals surface area contributed by atoms with E-state index < -0.39 is 33.8 Å². The fraction of sp³-hybridized carbons (Fsp3) is 0.125. The van der Waals surface area contributed by atoms with Gasteiger partial charge in [0.25, 0.3) is 5.91 Å². The van der Waals surface area contributed by atoms with E-state index in [-0.39, 0.29) is 27.5 Å². The average molecular weight is 572 g/mol. The summed E-state index contributed by atoms with van der Waals surface area (Å²) in [4.78, 5) is 25.7. The van der Waals surface area contributed by atoms with Gasteiger partial charge in [-0.2, -0.15) is 5.26 Å². The average Bonchev–Trinajstić information content (AvgIpc) is 3.36. The second kappa shape index (κ2) is 9.85. The van der Waals surface area contributed by atoms with Crippen molar-refractivity contribution in [1.82, 2.24) is 0 Å². The molecule has 0 saturated heterocycles. The van der Waals surface area contributed by atoms with Crippen molar-refractivity contribution < 1.29 is 14.0 Å². The van der Waals surface area contributed by atoms with E-state index in [9.17, 15) is 14.0 Å². The lowest BCUT2D eigenvalue weighted by Crippen LogP contribution is -2.18. The number of nitrogens with one attached hydrogen (secondary N) is 2. The summed E-state index contributed by atoms with van der Waals surface area (Å²) in [5, 5.41) is 14.9. The molecule has 2 atom stereocenters. The summed E-state index contributed by atoms with van der Waals surface area (Å²) in [6.07, 6.45) is 0. The van der Waals surface area contributed by atoms with Crippen molar-refractivity contribution in [3.63, 3.8) is 0 Å². The van der Waals surface area contributed by atoms with E-state index in [0.717, 1.165) is 6.07 Å². The van der Waals surface area contributed by atoms with Gasteiger partial charge in [-0.25, -0.2) is 4.39 Å². The number of hydrogen-bond donors (Lipinski definition) is 2. The number of anilines is 2. The van der Waals surface area contributed by atoms with Crippen molar-refractivity contribution >= 4 is 81.2 Å². The molecule has 0 radical (unpaired) electrons. The number of amides is 2. The first-order valence-corrected chi connectivity index (χ1v) is 11.9. The number of rotatable bonds is 5. The molecule has 1 aliphatic rings. The predicted octanol–water partition coefficient (Wildman–Crippen LogP) is 7.44. The first-order chi connectivity index (χ1) is 16.5. The van der Waals surface area contributed by atoms with Crippen LogP contribution in [-0.4, -0.2) is 16.1 Å². The molecule has 3 aromatic carbocycles. The third kappa shape index (κ3) is 5.35. The minimum absolute atomic E-state index is 0.0335. The Hall–Kier alpha value is -2.53. The molecule has 0 bridgehead atoms. The van der Waals surface area contributed by atoms with Gasteiger partial charge < -0.3 is 10.6 Å². The van der Waals surface area contributed by atoms with Crippen LogP contribution in [0.3, 0.4) is 0 Å². The Labute approximate surface area is 224 Å². The van der Waals surface area contributed by atoms with Crippen LogP contribution in [0.2, 0.25) is 15.1 Å². The first-order valence-electron chi connectivity index (χ1n) is 9.96. The minimum Gasteiger partial charge on any atom is -0.326 e. The van der Waals surface area contributed by atoms with Gasteiger partial charge in [0.05, 0.1) is 22.1 Å². The number of benzene rings is 3. The van der Waals surface area contributed by atoms with Gasteiger partial charge in [-0.1, -0.05) is 34.8 Å². The number of alkyl halides is 2. The van der Waals surface area contributed by atoms with Gasteiger partial charge in [-0.15, -0.1) is 23.2 Å². The Kier molecular flexibility index (Phi) is 7.19. The third-order valence-corrected chi connectivity index (χ3v) is 7.11. The van der Waals surface area contributed by atoms with Crippen molar-refractivity contribution in [2.24, 2.45) is 5.92 Å². The zero-order valence-corrected chi connectivity index (χ0v) is 21.2. The van der Waals surface area contributed by atoms with Gasteiger partial charge in [0.2, 0.25) is 5.91 Å². The Balaban J connectivity index is 1.51. The van der Waals surface area contributed by atoms with Crippen molar-refractivity contribution in [3.05, 3.63) is 92.2 Å². The summed E-state index contributed by atoms with van der Waals surface area (Å²) in [6.45, 7) is 0. The number of hydrogen-bond acceptors (Lipinski definition) is 3. The summed E-state index contributed by atoms with van der Waals surface area (Å²) in [6, 6.07) is 14.5. The maximum absolute atomic E-state index is 13.8. The molecule has 2 N–H and O–H groups in total. The fourth-order valence-electron chi connectivity index (χ4n) is 3.70. The molecule has 1 saturated carbocycles. The Bertz CT molecular complexity index is 1390. The van der Waals surface area contributed by atoms with Crippen LogP contribution in [0.15, 0.2) is 54.6 Å². The second-order valence-electron chi connectivity index (χ2n) is 7.78. The molecule has 0 heterocycles. The van der Waals surface area contributed by atoms with Crippen LogP contribution in [0.1, 0.15) is 27.4 Å². The third-order valence-electron chi connectivity index (χ3n) is 5.41. The van der Waals surface area contributed by atoms with Crippen LogP contribution in [0, 0.1) is 23.1 Å². The lowest BCUT2D eigenvalue weighted by Gasteiger charge is -2.11. The van der Waals surface area contributed by atoms with Gasteiger partial charge in [0, 0.05) is 27.3 Å². The lowest BCUT2D eigenvalue weighted by molar-refractivity contribution is -0.117. The standard InChI is InChI=1S/C24H13Cl5FN3O2/c25-13-5-12(6-14(26)7-13)20-21(24(20,28)29)23(35)33-15-3-4-18(27)17(8-15)22(34)32-16-2-1-11(10-31)19(30)9-16/h1-9,20-21H,(H,32,34)(H,33,35). The molecule has 0 spiro atoms. The molecule has 178 valence electrons. The van der Waals surface area contributed by atoms with Gasteiger partial charge in [0.1, 0.15) is 16.2 Å². The summed E-state index contributed by atoms with van der Waals surface area (Å²) in [7, 11) is 0. The van der Waals surface area contributed by atoms with E-state index in [1.165, 1.54) is 30.3 Å². The van der Waals surface area contributed by atoms with E-state index in [1.807, 2.05) is 0 Å². The number of nitriles is 1. The number of halogens is 6. The molecule has 2 unspecified atom stereocenters. The first kappa shape index (κ1) is 25.6. The summed E-state index contributed by atoms with van der Waals surface area (Å²) in [5.41, 5.74) is 0.907. The molecular weight excluding hydrogens is 559 g/mol. The molecule has 3 aromatic rings. The fourth-order valence-corrected chi connectivity index (χ4v) is 5.28. The molecule has 1 fully saturated rings. The second-order valence-corrected chi connectivity index (χ2v) is 10.5. The van der Waals surface area contributed by atoms with Gasteiger partial charge >= 0.3 is 0 Å². The Morgan fingerprint density at radius 3 is 2.17 bits per heavy atom. The van der Waals surface area contributed by atoms with Crippen molar-refractivity contribution in [2.75, 3.05) is 10.6 Å². The van der Waals surface area contributed by atoms with Crippen molar-refractivity contribution in [3.8, 4) is 6.07 Å². The molecule has 0 aliphatic heterocycles. The Morgan fingerprint density at radius 2 is 1.54 bits per heavy atom. The summed E-state index contributed by atoms with van der Waals surface area (Å²) < 4.78 is 12.5. The zero-order chi connectivity index (χ0) is 25.5. The van der Waals surface area contributed by atoms with Crippen LogP contribution < -0.4 is 10.6 Å². The van der Waals surface area contributed by atoms with E-state index >= 15 is 0 Å². The van der Waals surface area contributed by atoms with Gasteiger partial charge in [0.15, 0.2) is 0 Å². The quantitative estimate of drug-likeness (QED) is 0.313. The molecular formula is C24H13Cl5FN3O2. The van der Waals surface area contributed by atoms with Crippen LogP contribution in [0.4, 0.5) is 15.8 Å². The number of carbonyl (C=O) groups is 2. The van der Waals surface area contributed by atoms with E-state index in [2.05, 4.69) is 10.6 Å². The smallest absolute Gasteiger partial charge is 0.257 e. The van der Waals surface area contributed by atoms with E-state index in [1.54, 1.807) is 24.3 Å². The number of carbonyl (C=O) groups excluding carboxylic acids is 2. The molecule has 0 aromatic heterocycles. The van der Waals surface area contributed by atoms with Gasteiger partial charge in [-0.05, 0) is 60.2 Å². The summed E-state index contributed by atoms with van der Waals surface area (Å²) in [5.74, 6) is -3.22. The van der Waals surface area contributed by atoms with E-state index in [4.69, 9.17) is 63.3 Å². The largest absolute Gasteiger partial charge is 0.326 e.